The van der Waals surface area contributed by atoms with Gasteiger partial charge in [0.1, 0.15) is 0 Å². The first kappa shape index (κ1) is 11.2. The molecule has 2 aliphatic rings. The lowest BCUT2D eigenvalue weighted by Gasteiger charge is -2.32. The zero-order valence-corrected chi connectivity index (χ0v) is 10.8. The summed E-state index contributed by atoms with van der Waals surface area (Å²) in [6.45, 7) is 3.67. The molecule has 1 aromatic rings. The average molecular weight is 250 g/mol. The Balaban J connectivity index is 1.67. The third kappa shape index (κ3) is 2.24. The smallest absolute Gasteiger partial charge is 0.227 e. The first-order valence-electron chi connectivity index (χ1n) is 6.39. The van der Waals surface area contributed by atoms with E-state index < -0.39 is 0 Å². The highest BCUT2D eigenvalue weighted by atomic mass is 32.1. The summed E-state index contributed by atoms with van der Waals surface area (Å²) in [5.41, 5.74) is 1.36. The fourth-order valence-electron chi connectivity index (χ4n) is 2.76. The molecule has 0 spiro atoms. The Hall–Kier alpha value is -0.870. The molecule has 3 heterocycles. The number of hydrogen-bond donors (Lipinski definition) is 1. The number of carbonyl (C=O) groups excluding carboxylic acids is 1. The van der Waals surface area contributed by atoms with Gasteiger partial charge in [0.2, 0.25) is 5.91 Å². The number of nitrogens with zero attached hydrogens (tertiary/aromatic N) is 1. The van der Waals surface area contributed by atoms with Crippen LogP contribution in [0.2, 0.25) is 0 Å². The Morgan fingerprint density at radius 1 is 1.53 bits per heavy atom. The van der Waals surface area contributed by atoms with Crippen molar-refractivity contribution in [3.63, 3.8) is 0 Å². The van der Waals surface area contributed by atoms with Gasteiger partial charge in [-0.05, 0) is 42.8 Å². The summed E-state index contributed by atoms with van der Waals surface area (Å²) >= 11 is 1.82. The third-order valence-corrected chi connectivity index (χ3v) is 4.79. The van der Waals surface area contributed by atoms with E-state index in [-0.39, 0.29) is 5.92 Å². The van der Waals surface area contributed by atoms with Crippen LogP contribution < -0.4 is 5.32 Å². The van der Waals surface area contributed by atoms with Crippen LogP contribution in [0.5, 0.6) is 0 Å². The predicted octanol–water partition coefficient (Wildman–Crippen LogP) is 1.63. The Morgan fingerprint density at radius 3 is 3.29 bits per heavy atom. The van der Waals surface area contributed by atoms with Crippen LogP contribution in [0.25, 0.3) is 0 Å². The van der Waals surface area contributed by atoms with E-state index in [0.29, 0.717) is 5.91 Å². The number of piperidine rings is 1. The molecule has 1 fully saturated rings. The molecule has 1 N–H and O–H groups in total. The van der Waals surface area contributed by atoms with E-state index in [4.69, 9.17) is 0 Å². The van der Waals surface area contributed by atoms with Gasteiger partial charge in [0.15, 0.2) is 0 Å². The number of amides is 1. The van der Waals surface area contributed by atoms with Crippen LogP contribution in [0.4, 0.5) is 0 Å². The lowest BCUT2D eigenvalue weighted by Crippen LogP contribution is -2.44. The van der Waals surface area contributed by atoms with Crippen LogP contribution in [-0.2, 0) is 17.8 Å². The Bertz CT molecular complexity index is 409. The van der Waals surface area contributed by atoms with Crippen LogP contribution in [-0.4, -0.2) is 30.4 Å². The van der Waals surface area contributed by atoms with Crippen molar-refractivity contribution in [2.45, 2.75) is 25.8 Å². The second-order valence-electron chi connectivity index (χ2n) is 4.92. The molecule has 0 aliphatic carbocycles. The largest absolute Gasteiger partial charge is 0.338 e. The van der Waals surface area contributed by atoms with Crippen LogP contribution in [0.3, 0.4) is 0 Å². The molecule has 1 amide bonds. The number of carbonyl (C=O) groups is 1. The average Bonchev–Trinajstić information content (AvgIpc) is 2.86. The van der Waals surface area contributed by atoms with Crippen LogP contribution in [0, 0.1) is 5.92 Å². The van der Waals surface area contributed by atoms with Gasteiger partial charge in [-0.1, -0.05) is 0 Å². The third-order valence-electron chi connectivity index (χ3n) is 3.77. The molecule has 0 bridgehead atoms. The Kier molecular flexibility index (Phi) is 3.16. The van der Waals surface area contributed by atoms with E-state index in [1.54, 1.807) is 0 Å². The zero-order valence-electron chi connectivity index (χ0n) is 9.95. The summed E-state index contributed by atoms with van der Waals surface area (Å²) in [5, 5.41) is 5.46. The number of thiophene rings is 1. The summed E-state index contributed by atoms with van der Waals surface area (Å²) in [7, 11) is 0. The van der Waals surface area contributed by atoms with Crippen molar-refractivity contribution >= 4 is 17.2 Å². The summed E-state index contributed by atoms with van der Waals surface area (Å²) in [5.74, 6) is 0.568. The van der Waals surface area contributed by atoms with Gasteiger partial charge in [-0.2, -0.15) is 0 Å². The number of hydrogen-bond acceptors (Lipinski definition) is 3. The molecule has 17 heavy (non-hydrogen) atoms. The Morgan fingerprint density at radius 2 is 2.47 bits per heavy atom. The molecule has 1 aromatic heterocycles. The van der Waals surface area contributed by atoms with Crippen molar-refractivity contribution in [3.8, 4) is 0 Å². The maximum atomic E-state index is 12.4. The molecule has 3 rings (SSSR count). The topological polar surface area (TPSA) is 32.3 Å². The fraction of sp³-hybridized carbons (Fsp3) is 0.615. The lowest BCUT2D eigenvalue weighted by atomic mass is 9.97. The van der Waals surface area contributed by atoms with Crippen molar-refractivity contribution in [1.29, 1.82) is 0 Å². The normalized spacial score (nSPS) is 24.5. The monoisotopic (exact) mass is 250 g/mol. The lowest BCUT2D eigenvalue weighted by molar-refractivity contribution is -0.137. The summed E-state index contributed by atoms with van der Waals surface area (Å²) in [6.07, 6.45) is 3.23. The minimum atomic E-state index is 0.212. The van der Waals surface area contributed by atoms with Gasteiger partial charge in [-0.3, -0.25) is 4.79 Å². The minimum absolute atomic E-state index is 0.212. The van der Waals surface area contributed by atoms with E-state index in [9.17, 15) is 4.79 Å². The molecule has 1 saturated heterocycles. The van der Waals surface area contributed by atoms with Gasteiger partial charge in [0.05, 0.1) is 5.92 Å². The molecule has 3 nitrogen and oxygen atoms in total. The van der Waals surface area contributed by atoms with Crippen molar-refractivity contribution < 1.29 is 4.79 Å². The SMILES string of the molecule is O=C([C@H]1CCCNC1)N1CCc2sccc2C1. The van der Waals surface area contributed by atoms with E-state index >= 15 is 0 Å². The molecule has 2 aliphatic heterocycles. The van der Waals surface area contributed by atoms with E-state index in [1.165, 1.54) is 10.4 Å². The molecule has 0 saturated carbocycles. The van der Waals surface area contributed by atoms with Crippen LogP contribution in [0.15, 0.2) is 11.4 Å². The van der Waals surface area contributed by atoms with Gasteiger partial charge in [-0.15, -0.1) is 11.3 Å². The van der Waals surface area contributed by atoms with Crippen LogP contribution >= 0.6 is 11.3 Å². The minimum Gasteiger partial charge on any atom is -0.338 e. The zero-order chi connectivity index (χ0) is 11.7. The molecule has 0 aromatic carbocycles. The summed E-state index contributed by atoms with van der Waals surface area (Å²) < 4.78 is 0. The first-order chi connectivity index (χ1) is 8.34. The maximum absolute atomic E-state index is 12.4. The highest BCUT2D eigenvalue weighted by Crippen LogP contribution is 2.25. The molecule has 0 unspecified atom stereocenters. The molecule has 1 atom stereocenters. The van der Waals surface area contributed by atoms with Gasteiger partial charge in [0.25, 0.3) is 0 Å². The Labute approximate surface area is 106 Å². The van der Waals surface area contributed by atoms with E-state index in [1.807, 2.05) is 16.2 Å². The quantitative estimate of drug-likeness (QED) is 0.821. The highest BCUT2D eigenvalue weighted by molar-refractivity contribution is 7.10. The van der Waals surface area contributed by atoms with Gasteiger partial charge >= 0.3 is 0 Å². The number of fused-ring (bicyclic) bond motifs is 1. The highest BCUT2D eigenvalue weighted by Gasteiger charge is 2.28. The fourth-order valence-corrected chi connectivity index (χ4v) is 3.65. The number of nitrogens with one attached hydrogen (secondary N) is 1. The van der Waals surface area contributed by atoms with Gasteiger partial charge in [-0.25, -0.2) is 0 Å². The summed E-state index contributed by atoms with van der Waals surface area (Å²) in [6, 6.07) is 2.17. The second-order valence-corrected chi connectivity index (χ2v) is 5.92. The summed E-state index contributed by atoms with van der Waals surface area (Å²) in [4.78, 5) is 15.9. The van der Waals surface area contributed by atoms with E-state index in [0.717, 1.165) is 45.4 Å². The molecule has 0 radical (unpaired) electrons. The van der Waals surface area contributed by atoms with Crippen molar-refractivity contribution in [3.05, 3.63) is 21.9 Å². The molecular weight excluding hydrogens is 232 g/mol. The second kappa shape index (κ2) is 4.78. The van der Waals surface area contributed by atoms with Gasteiger partial charge in [0, 0.05) is 24.5 Å². The van der Waals surface area contributed by atoms with Crippen LogP contribution in [0.1, 0.15) is 23.3 Å². The standard InChI is InChI=1S/C13H18N2OS/c16-13(10-2-1-5-14-8-10)15-6-3-12-11(9-15)4-7-17-12/h4,7,10,14H,1-3,5-6,8-9H2/t10-/m0/s1. The van der Waals surface area contributed by atoms with E-state index in [2.05, 4.69) is 16.8 Å². The molecule has 4 heteroatoms. The maximum Gasteiger partial charge on any atom is 0.227 e. The molecule has 92 valence electrons. The van der Waals surface area contributed by atoms with Crippen molar-refractivity contribution in [2.24, 2.45) is 5.92 Å². The number of rotatable bonds is 1. The van der Waals surface area contributed by atoms with Gasteiger partial charge < -0.3 is 10.2 Å². The van der Waals surface area contributed by atoms with Crippen molar-refractivity contribution in [2.75, 3.05) is 19.6 Å². The predicted molar refractivity (Wildman–Crippen MR) is 69.0 cm³/mol. The van der Waals surface area contributed by atoms with Crippen molar-refractivity contribution in [1.82, 2.24) is 10.2 Å². The molecular formula is C13H18N2OS. The first-order valence-corrected chi connectivity index (χ1v) is 7.27.